The molecule has 9 heteroatoms. The van der Waals surface area contributed by atoms with Crippen LogP contribution in [-0.4, -0.2) is 66.2 Å². The molecule has 1 fully saturated rings. The molecule has 0 bridgehead atoms. The van der Waals surface area contributed by atoms with Crippen LogP contribution in [0.1, 0.15) is 23.2 Å². The van der Waals surface area contributed by atoms with Crippen LogP contribution in [0.15, 0.2) is 29.2 Å². The zero-order valence-corrected chi connectivity index (χ0v) is 16.9. The predicted molar refractivity (Wildman–Crippen MR) is 103 cm³/mol. The van der Waals surface area contributed by atoms with Crippen LogP contribution in [-0.2, 0) is 14.8 Å². The maximum absolute atomic E-state index is 12.8. The van der Waals surface area contributed by atoms with E-state index < -0.39 is 10.0 Å². The average molecular weight is 406 g/mol. The fourth-order valence-corrected chi connectivity index (χ4v) is 4.10. The van der Waals surface area contributed by atoms with E-state index in [0.29, 0.717) is 31.2 Å². The summed E-state index contributed by atoms with van der Waals surface area (Å²) >= 11 is 0. The first kappa shape index (κ1) is 22.9. The number of halogens is 1. The number of rotatable bonds is 8. The molecule has 7 nitrogen and oxygen atoms in total. The fraction of sp³-hybridized carbons (Fsp3) is 0.588. The molecule has 0 aromatic heterocycles. The van der Waals surface area contributed by atoms with Crippen molar-refractivity contribution in [3.63, 3.8) is 0 Å². The second kappa shape index (κ2) is 10.8. The van der Waals surface area contributed by atoms with Gasteiger partial charge < -0.3 is 15.0 Å². The summed E-state index contributed by atoms with van der Waals surface area (Å²) in [6.45, 7) is 2.76. The third kappa shape index (κ3) is 6.21. The Bertz CT molecular complexity index is 682. The summed E-state index contributed by atoms with van der Waals surface area (Å²) in [5, 5.41) is 3.15. The topological polar surface area (TPSA) is 87.7 Å². The van der Waals surface area contributed by atoms with E-state index in [0.717, 1.165) is 19.4 Å². The Hall–Kier alpha value is -1.19. The predicted octanol–water partition coefficient (Wildman–Crippen LogP) is 1.10. The SMILES string of the molecule is CNCC1CCCN(C(=O)c2cccc(S(=O)(=O)NCCOC)c2)C1.Cl. The molecule has 1 amide bonds. The first-order chi connectivity index (χ1) is 12.0. The van der Waals surface area contributed by atoms with Crippen molar-refractivity contribution in [2.75, 3.05) is 46.9 Å². The minimum Gasteiger partial charge on any atom is -0.383 e. The molecule has 1 aromatic rings. The van der Waals surface area contributed by atoms with Crippen LogP contribution in [0.2, 0.25) is 0 Å². The molecule has 2 rings (SSSR count). The standard InChI is InChI=1S/C17H27N3O4S.ClH/c1-18-12-14-5-4-9-20(13-14)17(21)15-6-3-7-16(11-15)25(22,23)19-8-10-24-2;/h3,6-7,11,14,18-19H,4-5,8-10,12-13H2,1-2H3;1H. The number of carbonyl (C=O) groups is 1. The van der Waals surface area contributed by atoms with E-state index in [9.17, 15) is 13.2 Å². The molecule has 0 saturated carbocycles. The number of ether oxygens (including phenoxy) is 1. The minimum absolute atomic E-state index is 0. The maximum atomic E-state index is 12.8. The first-order valence-electron chi connectivity index (χ1n) is 8.50. The summed E-state index contributed by atoms with van der Waals surface area (Å²) in [5.41, 5.74) is 0.403. The van der Waals surface area contributed by atoms with E-state index in [4.69, 9.17) is 4.74 Å². The lowest BCUT2D eigenvalue weighted by Gasteiger charge is -2.32. The Labute approximate surface area is 161 Å². The van der Waals surface area contributed by atoms with Crippen molar-refractivity contribution < 1.29 is 17.9 Å². The van der Waals surface area contributed by atoms with Gasteiger partial charge in [-0.2, -0.15) is 0 Å². The smallest absolute Gasteiger partial charge is 0.253 e. The average Bonchev–Trinajstić information content (AvgIpc) is 2.62. The lowest BCUT2D eigenvalue weighted by molar-refractivity contribution is 0.0674. The number of piperidine rings is 1. The highest BCUT2D eigenvalue weighted by atomic mass is 35.5. The highest BCUT2D eigenvalue weighted by Gasteiger charge is 2.25. The summed E-state index contributed by atoms with van der Waals surface area (Å²) in [4.78, 5) is 14.7. The number of amides is 1. The van der Waals surface area contributed by atoms with Gasteiger partial charge in [-0.15, -0.1) is 12.4 Å². The molecule has 26 heavy (non-hydrogen) atoms. The van der Waals surface area contributed by atoms with Crippen molar-refractivity contribution >= 4 is 28.3 Å². The number of nitrogens with zero attached hydrogens (tertiary/aromatic N) is 1. The molecular weight excluding hydrogens is 378 g/mol. The van der Waals surface area contributed by atoms with Gasteiger partial charge in [-0.1, -0.05) is 6.07 Å². The van der Waals surface area contributed by atoms with E-state index in [-0.39, 0.29) is 29.8 Å². The second-order valence-corrected chi connectivity index (χ2v) is 8.00. The van der Waals surface area contributed by atoms with E-state index >= 15 is 0 Å². The highest BCUT2D eigenvalue weighted by molar-refractivity contribution is 7.89. The highest BCUT2D eigenvalue weighted by Crippen LogP contribution is 2.19. The lowest BCUT2D eigenvalue weighted by atomic mass is 9.97. The molecule has 1 aliphatic rings. The van der Waals surface area contributed by atoms with Gasteiger partial charge in [0.15, 0.2) is 0 Å². The van der Waals surface area contributed by atoms with Crippen LogP contribution in [0.25, 0.3) is 0 Å². The lowest BCUT2D eigenvalue weighted by Crippen LogP contribution is -2.42. The number of nitrogens with one attached hydrogen (secondary N) is 2. The van der Waals surface area contributed by atoms with Gasteiger partial charge in [0, 0.05) is 32.3 Å². The van der Waals surface area contributed by atoms with Crippen molar-refractivity contribution in [3.05, 3.63) is 29.8 Å². The molecule has 0 spiro atoms. The van der Waals surface area contributed by atoms with Crippen LogP contribution in [0.3, 0.4) is 0 Å². The van der Waals surface area contributed by atoms with Crippen molar-refractivity contribution in [1.82, 2.24) is 14.9 Å². The first-order valence-corrected chi connectivity index (χ1v) is 9.99. The van der Waals surface area contributed by atoms with Gasteiger partial charge in [-0.25, -0.2) is 13.1 Å². The molecule has 1 aromatic carbocycles. The molecule has 1 aliphatic heterocycles. The van der Waals surface area contributed by atoms with Gasteiger partial charge in [0.1, 0.15) is 0 Å². The molecule has 1 unspecified atom stereocenters. The summed E-state index contributed by atoms with van der Waals surface area (Å²) in [6, 6.07) is 6.20. The Morgan fingerprint density at radius 1 is 1.38 bits per heavy atom. The molecule has 2 N–H and O–H groups in total. The molecule has 0 radical (unpaired) electrons. The van der Waals surface area contributed by atoms with E-state index in [2.05, 4.69) is 10.0 Å². The van der Waals surface area contributed by atoms with E-state index in [1.54, 1.807) is 12.1 Å². The minimum atomic E-state index is -3.65. The third-order valence-electron chi connectivity index (χ3n) is 4.29. The number of hydrogen-bond acceptors (Lipinski definition) is 5. The summed E-state index contributed by atoms with van der Waals surface area (Å²) in [6.07, 6.45) is 2.07. The number of carbonyl (C=O) groups excluding carboxylic acids is 1. The third-order valence-corrected chi connectivity index (χ3v) is 5.75. The number of methoxy groups -OCH3 is 1. The number of sulfonamides is 1. The van der Waals surface area contributed by atoms with Crippen LogP contribution in [0.5, 0.6) is 0 Å². The number of benzene rings is 1. The van der Waals surface area contributed by atoms with Crippen LogP contribution >= 0.6 is 12.4 Å². The van der Waals surface area contributed by atoms with Gasteiger partial charge in [0.25, 0.3) is 5.91 Å². The van der Waals surface area contributed by atoms with Crippen molar-refractivity contribution in [1.29, 1.82) is 0 Å². The summed E-state index contributed by atoms with van der Waals surface area (Å²) in [5.74, 6) is 0.320. The molecular formula is C17H28ClN3O4S. The van der Waals surface area contributed by atoms with Crippen LogP contribution < -0.4 is 10.0 Å². The molecule has 1 saturated heterocycles. The molecule has 1 atom stereocenters. The summed E-state index contributed by atoms with van der Waals surface area (Å²) < 4.78 is 31.9. The monoisotopic (exact) mass is 405 g/mol. The van der Waals surface area contributed by atoms with Gasteiger partial charge in [-0.05, 0) is 50.6 Å². The van der Waals surface area contributed by atoms with Crippen LogP contribution in [0.4, 0.5) is 0 Å². The molecule has 0 aliphatic carbocycles. The van der Waals surface area contributed by atoms with Gasteiger partial charge in [0.05, 0.1) is 11.5 Å². The zero-order chi connectivity index (χ0) is 18.3. The van der Waals surface area contributed by atoms with Gasteiger partial charge in [-0.3, -0.25) is 4.79 Å². The largest absolute Gasteiger partial charge is 0.383 e. The number of hydrogen-bond donors (Lipinski definition) is 2. The van der Waals surface area contributed by atoms with Gasteiger partial charge in [0.2, 0.25) is 10.0 Å². The number of likely N-dealkylation sites (tertiary alicyclic amines) is 1. The van der Waals surface area contributed by atoms with E-state index in [1.165, 1.54) is 19.2 Å². The van der Waals surface area contributed by atoms with Crippen LogP contribution in [0, 0.1) is 5.92 Å². The molecule has 1 heterocycles. The van der Waals surface area contributed by atoms with E-state index in [1.807, 2.05) is 11.9 Å². The Balaban J connectivity index is 0.00000338. The van der Waals surface area contributed by atoms with Crippen molar-refractivity contribution in [3.8, 4) is 0 Å². The zero-order valence-electron chi connectivity index (χ0n) is 15.2. The van der Waals surface area contributed by atoms with Gasteiger partial charge >= 0.3 is 0 Å². The van der Waals surface area contributed by atoms with Crippen molar-refractivity contribution in [2.45, 2.75) is 17.7 Å². The Kier molecular flexibility index (Phi) is 9.52. The molecule has 148 valence electrons. The normalized spacial score (nSPS) is 17.6. The quantitative estimate of drug-likeness (QED) is 0.632. The van der Waals surface area contributed by atoms with Crippen molar-refractivity contribution in [2.24, 2.45) is 5.92 Å². The maximum Gasteiger partial charge on any atom is 0.253 e. The fourth-order valence-electron chi connectivity index (χ4n) is 3.05. The summed E-state index contributed by atoms with van der Waals surface area (Å²) in [7, 11) is -0.234. The Morgan fingerprint density at radius 2 is 2.15 bits per heavy atom. The second-order valence-electron chi connectivity index (χ2n) is 6.24. The Morgan fingerprint density at radius 3 is 2.85 bits per heavy atom.